The normalized spacial score (nSPS) is 26.7. The number of hydrogen-bond donors (Lipinski definition) is 1. The maximum Gasteiger partial charge on any atom is 0.239 e. The molecule has 0 aromatic heterocycles. The molecule has 1 N–H and O–H groups in total. The number of rotatable bonds is 4. The number of sulfonamides is 1. The molecule has 7 nitrogen and oxygen atoms in total. The van der Waals surface area contributed by atoms with E-state index in [0.29, 0.717) is 44.2 Å². The average Bonchev–Trinajstić information content (AvgIpc) is 3.26. The Morgan fingerprint density at radius 1 is 0.966 bits per heavy atom. The van der Waals surface area contributed by atoms with Gasteiger partial charge in [-0.15, -0.1) is 0 Å². The molecule has 0 radical (unpaired) electrons. The van der Waals surface area contributed by atoms with Crippen LogP contribution in [0.25, 0.3) is 0 Å². The Bertz CT molecular complexity index is 819. The van der Waals surface area contributed by atoms with Gasteiger partial charge in [0.2, 0.25) is 15.9 Å². The Balaban J connectivity index is 1.31. The van der Waals surface area contributed by atoms with E-state index in [9.17, 15) is 13.2 Å². The van der Waals surface area contributed by atoms with Gasteiger partial charge in [0.25, 0.3) is 0 Å². The molecular weight excluding hydrogens is 412 g/mol. The number of benzene rings is 1. The van der Waals surface area contributed by atoms with Gasteiger partial charge < -0.3 is 15.1 Å². The molecule has 0 saturated carbocycles. The number of nitrogens with one attached hydrogen (secondary N) is 1. The summed E-state index contributed by atoms with van der Waals surface area (Å²) in [5, 5.41) is 3.39. The van der Waals surface area contributed by atoms with Crippen LogP contribution in [0.5, 0.6) is 0 Å². The minimum absolute atomic E-state index is 0.0251. The monoisotopic (exact) mass is 440 g/mol. The standard InChI is InChI=1S/C20H29ClN4O3S/c21-16-4-6-17(7-5-16)23-10-12-24(13-11-23)20(26)19-14-18(15-22-19)29(27,28)25-8-2-1-3-9-25/h4-7,18-19,22H,1-3,8-15H2. The zero-order chi connectivity index (χ0) is 20.4. The first-order valence-corrected chi connectivity index (χ1v) is 12.3. The van der Waals surface area contributed by atoms with Crippen molar-refractivity contribution < 1.29 is 13.2 Å². The molecular formula is C20H29ClN4O3S. The van der Waals surface area contributed by atoms with Crippen LogP contribution in [0.2, 0.25) is 5.02 Å². The lowest BCUT2D eigenvalue weighted by Gasteiger charge is -2.37. The highest BCUT2D eigenvalue weighted by atomic mass is 35.5. The van der Waals surface area contributed by atoms with Gasteiger partial charge in [-0.25, -0.2) is 12.7 Å². The van der Waals surface area contributed by atoms with Crippen LogP contribution < -0.4 is 10.2 Å². The Kier molecular flexibility index (Phi) is 6.34. The number of carbonyl (C=O) groups is 1. The van der Waals surface area contributed by atoms with Gasteiger partial charge in [0, 0.05) is 56.5 Å². The Morgan fingerprint density at radius 3 is 2.28 bits per heavy atom. The van der Waals surface area contributed by atoms with Crippen molar-refractivity contribution in [3.63, 3.8) is 0 Å². The van der Waals surface area contributed by atoms with Crippen LogP contribution in [0.1, 0.15) is 25.7 Å². The van der Waals surface area contributed by atoms with E-state index in [1.807, 2.05) is 29.2 Å². The molecule has 0 spiro atoms. The van der Waals surface area contributed by atoms with Crippen LogP contribution in [0.3, 0.4) is 0 Å². The van der Waals surface area contributed by atoms with Crippen LogP contribution in [0, 0.1) is 0 Å². The van der Waals surface area contributed by atoms with Crippen LogP contribution in [-0.2, 0) is 14.8 Å². The third-order valence-corrected chi connectivity index (χ3v) is 8.81. The first kappa shape index (κ1) is 20.9. The minimum atomic E-state index is -3.33. The molecule has 2 atom stereocenters. The van der Waals surface area contributed by atoms with Gasteiger partial charge in [-0.1, -0.05) is 18.0 Å². The summed E-state index contributed by atoms with van der Waals surface area (Å²) in [4.78, 5) is 17.1. The molecule has 2 unspecified atom stereocenters. The fourth-order valence-electron chi connectivity index (χ4n) is 4.51. The van der Waals surface area contributed by atoms with E-state index in [2.05, 4.69) is 10.2 Å². The van der Waals surface area contributed by atoms with E-state index in [-0.39, 0.29) is 5.91 Å². The first-order valence-electron chi connectivity index (χ1n) is 10.5. The van der Waals surface area contributed by atoms with E-state index in [1.54, 1.807) is 4.31 Å². The molecule has 3 aliphatic heterocycles. The van der Waals surface area contributed by atoms with Crippen LogP contribution in [0.15, 0.2) is 24.3 Å². The Labute approximate surface area is 178 Å². The molecule has 4 rings (SSSR count). The quantitative estimate of drug-likeness (QED) is 0.768. The molecule has 0 aliphatic carbocycles. The lowest BCUT2D eigenvalue weighted by atomic mass is 10.1. The lowest BCUT2D eigenvalue weighted by Crippen LogP contribution is -2.53. The summed E-state index contributed by atoms with van der Waals surface area (Å²) in [6.45, 7) is 4.39. The molecule has 3 aliphatic rings. The summed E-state index contributed by atoms with van der Waals surface area (Å²) in [5.74, 6) is 0.0251. The number of nitrogens with zero attached hydrogens (tertiary/aromatic N) is 3. The molecule has 1 aromatic rings. The summed E-state index contributed by atoms with van der Waals surface area (Å²) in [7, 11) is -3.33. The van der Waals surface area contributed by atoms with Gasteiger partial charge in [-0.3, -0.25) is 4.79 Å². The zero-order valence-corrected chi connectivity index (χ0v) is 18.2. The molecule has 3 fully saturated rings. The summed E-state index contributed by atoms with van der Waals surface area (Å²) in [5.41, 5.74) is 1.10. The molecule has 0 bridgehead atoms. The molecule has 29 heavy (non-hydrogen) atoms. The van der Waals surface area contributed by atoms with Gasteiger partial charge in [-0.2, -0.15) is 0 Å². The second-order valence-corrected chi connectivity index (χ2v) is 10.8. The summed E-state index contributed by atoms with van der Waals surface area (Å²) < 4.78 is 27.4. The van der Waals surface area contributed by atoms with E-state index < -0.39 is 21.3 Å². The first-order chi connectivity index (χ1) is 13.9. The summed E-state index contributed by atoms with van der Waals surface area (Å²) >= 11 is 5.96. The number of halogens is 1. The van der Waals surface area contributed by atoms with Crippen molar-refractivity contribution in [3.05, 3.63) is 29.3 Å². The smallest absolute Gasteiger partial charge is 0.239 e. The molecule has 1 aromatic carbocycles. The number of amides is 1. The number of piperazine rings is 1. The molecule has 3 heterocycles. The number of hydrogen-bond acceptors (Lipinski definition) is 5. The van der Waals surface area contributed by atoms with Gasteiger partial charge in [0.1, 0.15) is 0 Å². The van der Waals surface area contributed by atoms with Crippen molar-refractivity contribution in [3.8, 4) is 0 Å². The highest BCUT2D eigenvalue weighted by Gasteiger charge is 2.41. The Morgan fingerprint density at radius 2 is 1.62 bits per heavy atom. The number of piperidine rings is 1. The molecule has 160 valence electrons. The van der Waals surface area contributed by atoms with E-state index in [1.165, 1.54) is 0 Å². The summed E-state index contributed by atoms with van der Waals surface area (Å²) in [6, 6.07) is 7.34. The Hall–Kier alpha value is -1.35. The largest absolute Gasteiger partial charge is 0.368 e. The number of carbonyl (C=O) groups excluding carboxylic acids is 1. The number of anilines is 1. The second-order valence-electron chi connectivity index (χ2n) is 8.11. The van der Waals surface area contributed by atoms with Crippen molar-refractivity contribution in [2.24, 2.45) is 0 Å². The van der Waals surface area contributed by atoms with Crippen molar-refractivity contribution in [2.45, 2.75) is 37.0 Å². The van der Waals surface area contributed by atoms with Crippen LogP contribution in [-0.4, -0.2) is 80.6 Å². The predicted octanol–water partition coefficient (Wildman–Crippen LogP) is 1.53. The van der Waals surface area contributed by atoms with Crippen molar-refractivity contribution >= 4 is 33.2 Å². The average molecular weight is 441 g/mol. The van der Waals surface area contributed by atoms with Gasteiger partial charge in [-0.05, 0) is 43.5 Å². The molecule has 3 saturated heterocycles. The van der Waals surface area contributed by atoms with Crippen LogP contribution >= 0.6 is 11.6 Å². The fourth-order valence-corrected chi connectivity index (χ4v) is 6.56. The van der Waals surface area contributed by atoms with E-state index in [0.717, 1.165) is 38.0 Å². The van der Waals surface area contributed by atoms with Crippen LogP contribution in [0.4, 0.5) is 5.69 Å². The molecule has 9 heteroatoms. The van der Waals surface area contributed by atoms with Gasteiger partial charge in [0.15, 0.2) is 0 Å². The topological polar surface area (TPSA) is 73.0 Å². The van der Waals surface area contributed by atoms with Gasteiger partial charge in [0.05, 0.1) is 11.3 Å². The zero-order valence-electron chi connectivity index (χ0n) is 16.6. The lowest BCUT2D eigenvalue weighted by molar-refractivity contribution is -0.133. The van der Waals surface area contributed by atoms with Crippen molar-refractivity contribution in [1.82, 2.24) is 14.5 Å². The van der Waals surface area contributed by atoms with Crippen molar-refractivity contribution in [1.29, 1.82) is 0 Å². The predicted molar refractivity (Wildman–Crippen MR) is 115 cm³/mol. The highest BCUT2D eigenvalue weighted by molar-refractivity contribution is 7.89. The second kappa shape index (κ2) is 8.79. The molecule has 1 amide bonds. The van der Waals surface area contributed by atoms with E-state index in [4.69, 9.17) is 11.6 Å². The maximum absolute atomic E-state index is 13.0. The van der Waals surface area contributed by atoms with Gasteiger partial charge >= 0.3 is 0 Å². The highest BCUT2D eigenvalue weighted by Crippen LogP contribution is 2.24. The third kappa shape index (κ3) is 4.55. The van der Waals surface area contributed by atoms with Crippen molar-refractivity contribution in [2.75, 3.05) is 50.7 Å². The maximum atomic E-state index is 13.0. The minimum Gasteiger partial charge on any atom is -0.368 e. The third-order valence-electron chi connectivity index (χ3n) is 6.27. The summed E-state index contributed by atoms with van der Waals surface area (Å²) in [6.07, 6.45) is 3.33. The van der Waals surface area contributed by atoms with E-state index >= 15 is 0 Å². The fraction of sp³-hybridized carbons (Fsp3) is 0.650. The SMILES string of the molecule is O=C(C1CC(S(=O)(=O)N2CCCCC2)CN1)N1CCN(c2ccc(Cl)cc2)CC1.